The van der Waals surface area contributed by atoms with Crippen molar-refractivity contribution in [1.82, 2.24) is 0 Å². The summed E-state index contributed by atoms with van der Waals surface area (Å²) in [5.41, 5.74) is 0. The molecular weight excluding hydrogens is 1000 g/mol. The van der Waals surface area contributed by atoms with Crippen LogP contribution in [0.2, 0.25) is 0 Å². The van der Waals surface area contributed by atoms with Crippen molar-refractivity contribution in [1.29, 1.82) is 0 Å². The summed E-state index contributed by atoms with van der Waals surface area (Å²) >= 11 is 0. The van der Waals surface area contributed by atoms with Crippen LogP contribution in [0, 0.1) is 0 Å². The molecule has 0 heterocycles. The van der Waals surface area contributed by atoms with E-state index in [2.05, 4.69) is 118 Å². The molecule has 0 aromatic heterocycles. The van der Waals surface area contributed by atoms with Crippen molar-refractivity contribution < 1.29 is 52.2 Å². The fourth-order valence-electron chi connectivity index (χ4n) is 8.09. The lowest BCUT2D eigenvalue weighted by atomic mass is 10.0. The number of carbonyl (C=O) groups excluding carboxylic acids is 3. The molecule has 11 nitrogen and oxygen atoms in total. The van der Waals surface area contributed by atoms with Crippen molar-refractivity contribution in [2.24, 2.45) is 0 Å². The average molecular weight is 1110 g/mol. The predicted octanol–water partition coefficient (Wildman–Crippen LogP) is 18.6. The van der Waals surface area contributed by atoms with Crippen LogP contribution in [0.3, 0.4) is 0 Å². The number of hydrogen-bond acceptors (Lipinski definition) is 10. The second kappa shape index (κ2) is 59.3. The van der Waals surface area contributed by atoms with E-state index in [0.717, 1.165) is 116 Å². The molecule has 3 unspecified atom stereocenters. The number of phosphoric acid groups is 1. The Morgan fingerprint density at radius 3 is 1.08 bits per heavy atom. The molecule has 3 atom stereocenters. The van der Waals surface area contributed by atoms with Gasteiger partial charge in [0.2, 0.25) is 0 Å². The summed E-state index contributed by atoms with van der Waals surface area (Å²) < 4.78 is 39.6. The van der Waals surface area contributed by atoms with Gasteiger partial charge in [0.1, 0.15) is 12.7 Å². The highest BCUT2D eigenvalue weighted by Gasteiger charge is 2.28. The van der Waals surface area contributed by atoms with Crippen molar-refractivity contribution in [2.75, 3.05) is 26.4 Å². The minimum absolute atomic E-state index is 0.0938. The van der Waals surface area contributed by atoms with E-state index in [4.69, 9.17) is 23.3 Å². The van der Waals surface area contributed by atoms with Crippen LogP contribution in [0.4, 0.5) is 0 Å². The molecular formula is C66H111O11P. The lowest BCUT2D eigenvalue weighted by Gasteiger charge is -2.21. The van der Waals surface area contributed by atoms with Crippen LogP contribution >= 0.6 is 7.82 Å². The van der Waals surface area contributed by atoms with E-state index in [1.165, 1.54) is 70.6 Å². The molecule has 0 aromatic carbocycles. The van der Waals surface area contributed by atoms with Crippen LogP contribution in [-0.4, -0.2) is 66.5 Å². The minimum Gasteiger partial charge on any atom is -0.462 e. The molecule has 78 heavy (non-hydrogen) atoms. The first-order valence-electron chi connectivity index (χ1n) is 30.8. The van der Waals surface area contributed by atoms with Gasteiger partial charge in [0, 0.05) is 19.3 Å². The van der Waals surface area contributed by atoms with E-state index in [1.54, 1.807) is 0 Å². The number of carbonyl (C=O) groups is 3. The second-order valence-electron chi connectivity index (χ2n) is 20.1. The molecule has 0 bridgehead atoms. The Kier molecular flexibility index (Phi) is 56.3. The number of esters is 3. The molecule has 0 amide bonds. The molecule has 0 saturated heterocycles. The zero-order chi connectivity index (χ0) is 56.9. The molecule has 0 saturated carbocycles. The minimum atomic E-state index is -4.78. The zero-order valence-corrected chi connectivity index (χ0v) is 50.2. The number of aliphatic hydroxyl groups excluding tert-OH is 1. The van der Waals surface area contributed by atoms with Crippen molar-refractivity contribution in [3.63, 3.8) is 0 Å². The van der Waals surface area contributed by atoms with Crippen LogP contribution in [0.5, 0.6) is 0 Å². The summed E-state index contributed by atoms with van der Waals surface area (Å²) in [5.74, 6) is -1.54. The Morgan fingerprint density at radius 2 is 0.679 bits per heavy atom. The fraction of sp³-hybridized carbons (Fsp3) is 0.682. The molecule has 0 aliphatic carbocycles. The van der Waals surface area contributed by atoms with Crippen molar-refractivity contribution in [2.45, 2.75) is 264 Å². The molecule has 0 aliphatic heterocycles. The first kappa shape index (κ1) is 74.1. The molecule has 0 aromatic rings. The molecule has 0 rings (SSSR count). The molecule has 12 heteroatoms. The van der Waals surface area contributed by atoms with E-state index in [0.29, 0.717) is 25.7 Å². The summed E-state index contributed by atoms with van der Waals surface area (Å²) in [4.78, 5) is 48.7. The van der Waals surface area contributed by atoms with Gasteiger partial charge in [0.15, 0.2) is 6.10 Å². The van der Waals surface area contributed by atoms with E-state index in [-0.39, 0.29) is 25.9 Å². The standard InChI is InChI=1S/C66H111O11P/c1-4-7-10-13-16-19-22-25-28-30-31-33-36-39-42-45-48-51-54-57-66(70)77-63(59-73-64(68)55-52-49-46-43-40-37-34-27-24-21-18-15-12-9-6-3)61-75-78(71,72)74-60-62(58-67)76-65(69)56-53-50-47-44-41-38-35-32-29-26-23-20-17-14-11-8-5-2/h7-8,10-11,16-17,19-20,25-26,28-29,31,33,35,38,44,47,62-63,67H,4-6,9,12-15,18,21-24,27,30,32,34,36-37,39-43,45-46,48-61H2,1-3H3,(H,71,72)/b10-7-,11-8-,19-16-,20-17-,28-25-,29-26-,33-31-,38-35-,47-44-. The Balaban J connectivity index is 4.79. The van der Waals surface area contributed by atoms with Gasteiger partial charge in [-0.15, -0.1) is 0 Å². The Hall–Kier alpha value is -3.86. The van der Waals surface area contributed by atoms with Gasteiger partial charge in [-0.25, -0.2) is 4.57 Å². The first-order valence-corrected chi connectivity index (χ1v) is 32.3. The number of aliphatic hydroxyl groups is 1. The number of ether oxygens (including phenoxy) is 3. The third-order valence-corrected chi connectivity index (χ3v) is 13.6. The van der Waals surface area contributed by atoms with E-state index >= 15 is 0 Å². The first-order chi connectivity index (χ1) is 38.2. The maximum atomic E-state index is 12.9. The SMILES string of the molecule is CC/C=C\C/C=C\C/C=C\C/C=C\C/C=C\CCCC(=O)OC(CO)COP(=O)(O)OCC(COC(=O)CCCCCCCCCCCCCCCCC)OC(=O)CCCCCCCC/C=C\C/C=C\C/C=C\C/C=C\CC. The van der Waals surface area contributed by atoms with Gasteiger partial charge in [-0.2, -0.15) is 0 Å². The van der Waals surface area contributed by atoms with Crippen LogP contribution < -0.4 is 0 Å². The van der Waals surface area contributed by atoms with Gasteiger partial charge >= 0.3 is 25.7 Å². The summed E-state index contributed by atoms with van der Waals surface area (Å²) in [6, 6.07) is 0. The van der Waals surface area contributed by atoms with Crippen molar-refractivity contribution in [3.8, 4) is 0 Å². The van der Waals surface area contributed by atoms with Gasteiger partial charge in [-0.3, -0.25) is 23.4 Å². The quantitative estimate of drug-likeness (QED) is 0.0197. The van der Waals surface area contributed by atoms with Gasteiger partial charge in [-0.05, 0) is 96.3 Å². The van der Waals surface area contributed by atoms with Gasteiger partial charge < -0.3 is 24.2 Å². The highest BCUT2D eigenvalue weighted by molar-refractivity contribution is 7.47. The number of allylic oxidation sites excluding steroid dienone is 18. The highest BCUT2D eigenvalue weighted by Crippen LogP contribution is 2.43. The van der Waals surface area contributed by atoms with E-state index in [1.807, 2.05) is 12.2 Å². The maximum Gasteiger partial charge on any atom is 0.472 e. The smallest absolute Gasteiger partial charge is 0.462 e. The van der Waals surface area contributed by atoms with Crippen molar-refractivity contribution >= 4 is 25.7 Å². The third-order valence-electron chi connectivity index (χ3n) is 12.7. The Labute approximate surface area is 475 Å². The Bertz CT molecular complexity index is 1720. The van der Waals surface area contributed by atoms with E-state index in [9.17, 15) is 28.9 Å². The van der Waals surface area contributed by atoms with Gasteiger partial charge in [0.05, 0.1) is 19.8 Å². The number of rotatable bonds is 56. The topological polar surface area (TPSA) is 155 Å². The monoisotopic (exact) mass is 1110 g/mol. The lowest BCUT2D eigenvalue weighted by Crippen LogP contribution is -2.30. The maximum absolute atomic E-state index is 12.9. The molecule has 0 fully saturated rings. The molecule has 0 radical (unpaired) electrons. The van der Waals surface area contributed by atoms with Gasteiger partial charge in [0.25, 0.3) is 0 Å². The zero-order valence-electron chi connectivity index (χ0n) is 49.3. The number of phosphoric ester groups is 1. The van der Waals surface area contributed by atoms with Crippen LogP contribution in [0.15, 0.2) is 109 Å². The predicted molar refractivity (Wildman–Crippen MR) is 325 cm³/mol. The molecule has 446 valence electrons. The van der Waals surface area contributed by atoms with Crippen LogP contribution in [0.1, 0.15) is 252 Å². The van der Waals surface area contributed by atoms with Crippen molar-refractivity contribution in [3.05, 3.63) is 109 Å². The summed E-state index contributed by atoms with van der Waals surface area (Å²) in [5, 5.41) is 9.83. The summed E-state index contributed by atoms with van der Waals surface area (Å²) in [7, 11) is -4.78. The second-order valence-corrected chi connectivity index (χ2v) is 21.6. The highest BCUT2D eigenvalue weighted by atomic mass is 31.2. The normalized spacial score (nSPS) is 14.1. The van der Waals surface area contributed by atoms with Crippen LogP contribution in [-0.2, 0) is 42.2 Å². The fourth-order valence-corrected chi connectivity index (χ4v) is 8.87. The lowest BCUT2D eigenvalue weighted by molar-refractivity contribution is -0.161. The number of hydrogen-bond donors (Lipinski definition) is 2. The average Bonchev–Trinajstić information content (AvgIpc) is 3.43. The Morgan fingerprint density at radius 1 is 0.372 bits per heavy atom. The molecule has 2 N–H and O–H groups in total. The van der Waals surface area contributed by atoms with Gasteiger partial charge in [-0.1, -0.05) is 246 Å². The van der Waals surface area contributed by atoms with Crippen LogP contribution in [0.25, 0.3) is 0 Å². The number of unbranched alkanes of at least 4 members (excludes halogenated alkanes) is 21. The summed E-state index contributed by atoms with van der Waals surface area (Å²) in [6.45, 7) is 4.36. The van der Waals surface area contributed by atoms with E-state index < -0.39 is 57.8 Å². The summed E-state index contributed by atoms with van der Waals surface area (Å²) in [6.07, 6.45) is 71.9. The third kappa shape index (κ3) is 56.8. The largest absolute Gasteiger partial charge is 0.472 e. The molecule has 0 spiro atoms. The molecule has 0 aliphatic rings.